The Bertz CT molecular complexity index is 2150. The summed E-state index contributed by atoms with van der Waals surface area (Å²) in [5.74, 6) is 0.477. The number of hydrogen-bond acceptors (Lipinski definition) is 10. The molecular weight excluding hydrogens is 827 g/mol. The lowest BCUT2D eigenvalue weighted by molar-refractivity contribution is -0.392. The Labute approximate surface area is 327 Å². The highest BCUT2D eigenvalue weighted by Crippen LogP contribution is 2.49. The van der Waals surface area contributed by atoms with E-state index in [1.807, 2.05) is 47.8 Å². The van der Waals surface area contributed by atoms with Crippen LogP contribution in [0.1, 0.15) is 22.3 Å². The van der Waals surface area contributed by atoms with Crippen LogP contribution in [-0.2, 0) is 21.9 Å². The van der Waals surface area contributed by atoms with Gasteiger partial charge in [0.05, 0.1) is 53.4 Å². The van der Waals surface area contributed by atoms with Gasteiger partial charge in [-0.25, -0.2) is 4.98 Å². The number of nitro groups is 2. The summed E-state index contributed by atoms with van der Waals surface area (Å²) in [6.45, 7) is 2.31. The number of amides is 1. The number of carbonyl (C=O) groups is 1. The second-order valence-electron chi connectivity index (χ2n) is 11.2. The summed E-state index contributed by atoms with van der Waals surface area (Å²) in [5, 5.41) is 22.8. The maximum Gasteiger partial charge on any atom is 0.418 e. The number of carbonyl (C=O) groups excluding carboxylic acids is 1. The molecule has 298 valence electrons. The molecule has 13 nitrogen and oxygen atoms in total. The average molecular weight is 853 g/mol. The third kappa shape index (κ3) is 10.5. The van der Waals surface area contributed by atoms with Gasteiger partial charge in [0.1, 0.15) is 10.8 Å². The summed E-state index contributed by atoms with van der Waals surface area (Å²) in [6.07, 6.45) is -8.19. The first-order valence-electron chi connectivity index (χ1n) is 15.6. The van der Waals surface area contributed by atoms with E-state index in [-0.39, 0.29) is 18.2 Å². The molecule has 5 rings (SSSR count). The van der Waals surface area contributed by atoms with Gasteiger partial charge in [0, 0.05) is 36.5 Å². The molecule has 4 aromatic rings. The fourth-order valence-corrected chi connectivity index (χ4v) is 5.71. The van der Waals surface area contributed by atoms with Crippen LogP contribution in [0.2, 0.25) is 15.1 Å². The van der Waals surface area contributed by atoms with Crippen molar-refractivity contribution in [3.05, 3.63) is 124 Å². The third-order valence-corrected chi connectivity index (χ3v) is 8.68. The molecule has 3 aromatic carbocycles. The first kappa shape index (κ1) is 43.4. The second-order valence-corrected chi connectivity index (χ2v) is 12.5. The van der Waals surface area contributed by atoms with Crippen molar-refractivity contribution in [2.45, 2.75) is 12.4 Å². The molecule has 1 saturated heterocycles. The molecule has 0 atom stereocenters. The Kier molecular flexibility index (Phi) is 14.0. The molecule has 1 aliphatic heterocycles. The molecule has 1 fully saturated rings. The molecule has 2 heterocycles. The van der Waals surface area contributed by atoms with Crippen LogP contribution >= 0.6 is 34.8 Å². The Hall–Kier alpha value is -5.37. The van der Waals surface area contributed by atoms with Crippen LogP contribution in [0.15, 0.2) is 66.9 Å². The van der Waals surface area contributed by atoms with Crippen LogP contribution in [0.5, 0.6) is 11.5 Å². The molecule has 1 amide bonds. The fourth-order valence-electron chi connectivity index (χ4n) is 5.04. The largest absolute Gasteiger partial charge is 0.493 e. The molecule has 22 heteroatoms. The molecule has 0 aliphatic carbocycles. The van der Waals surface area contributed by atoms with E-state index in [0.29, 0.717) is 48.9 Å². The molecule has 56 heavy (non-hydrogen) atoms. The van der Waals surface area contributed by atoms with Crippen molar-refractivity contribution in [1.82, 2.24) is 9.88 Å². The van der Waals surface area contributed by atoms with Crippen molar-refractivity contribution < 1.29 is 55.2 Å². The maximum absolute atomic E-state index is 13.0. The number of methoxy groups -OCH3 is 2. The van der Waals surface area contributed by atoms with Gasteiger partial charge in [0.15, 0.2) is 17.2 Å². The number of alkyl halides is 6. The van der Waals surface area contributed by atoms with E-state index in [4.69, 9.17) is 49.0 Å². The van der Waals surface area contributed by atoms with Crippen molar-refractivity contribution in [3.63, 3.8) is 0 Å². The Balaban J connectivity index is 0.000000249. The molecule has 1 aromatic heterocycles. The number of halogens is 9. The van der Waals surface area contributed by atoms with Crippen LogP contribution in [0, 0.1) is 20.2 Å². The van der Waals surface area contributed by atoms with Gasteiger partial charge in [0.25, 0.3) is 0 Å². The summed E-state index contributed by atoms with van der Waals surface area (Å²) < 4.78 is 93.1. The van der Waals surface area contributed by atoms with Gasteiger partial charge in [-0.15, -0.1) is 0 Å². The number of nitro benzene ring substituents is 2. The first-order chi connectivity index (χ1) is 26.3. The second kappa shape index (κ2) is 18.1. The number of ether oxygens (including phenoxy) is 3. The van der Waals surface area contributed by atoms with Crippen molar-refractivity contribution in [2.24, 2.45) is 0 Å². The van der Waals surface area contributed by atoms with Crippen molar-refractivity contribution in [1.29, 1.82) is 0 Å². The standard InChI is InChI=1S/C21H22ClNO4.C13H4Cl2F6N4O4/c1-25-19-8-5-16(13-20(19)26-2)18(15-3-6-17(22)7-4-15)14-21(24)23-9-11-27-12-10-23;14-6-1-4(12(16,17)18)3-22-11(6)23-9-7(24(26)27)2-5(13(19,20)21)8(15)10(9)25(28)29/h3-8,13-14H,9-12H2,1-2H3;1-3H,(H,22,23)/b18-14+;. The molecule has 1 N–H and O–H groups in total. The molecule has 0 spiro atoms. The number of anilines is 2. The number of nitrogens with one attached hydrogen (secondary N) is 1. The third-order valence-electron chi connectivity index (χ3n) is 7.76. The molecular formula is C34H26Cl3F6N5O8. The van der Waals surface area contributed by atoms with E-state index in [1.165, 1.54) is 0 Å². The molecule has 1 aliphatic rings. The van der Waals surface area contributed by atoms with Gasteiger partial charge in [-0.3, -0.25) is 25.0 Å². The maximum atomic E-state index is 13.0. The number of pyridine rings is 1. The lowest BCUT2D eigenvalue weighted by Gasteiger charge is -2.26. The molecule has 0 radical (unpaired) electrons. The zero-order chi connectivity index (χ0) is 41.5. The minimum atomic E-state index is -5.27. The predicted molar refractivity (Wildman–Crippen MR) is 193 cm³/mol. The lowest BCUT2D eigenvalue weighted by atomic mass is 9.96. The topological polar surface area (TPSA) is 159 Å². The van der Waals surface area contributed by atoms with E-state index in [0.717, 1.165) is 16.7 Å². The van der Waals surface area contributed by atoms with E-state index in [1.54, 1.807) is 25.2 Å². The van der Waals surface area contributed by atoms with Gasteiger partial charge < -0.3 is 24.4 Å². The lowest BCUT2D eigenvalue weighted by Crippen LogP contribution is -2.39. The van der Waals surface area contributed by atoms with Gasteiger partial charge in [0.2, 0.25) is 5.91 Å². The monoisotopic (exact) mass is 851 g/mol. The van der Waals surface area contributed by atoms with Crippen LogP contribution in [0.3, 0.4) is 0 Å². The summed E-state index contributed by atoms with van der Waals surface area (Å²) in [5.41, 5.74) is -4.71. The quantitative estimate of drug-likeness (QED) is 0.0744. The number of morpholine rings is 1. The summed E-state index contributed by atoms with van der Waals surface area (Å²) in [4.78, 5) is 37.5. The number of aromatic nitrogens is 1. The predicted octanol–water partition coefficient (Wildman–Crippen LogP) is 9.63. The van der Waals surface area contributed by atoms with E-state index in [9.17, 15) is 51.4 Å². The Morgan fingerprint density at radius 3 is 2.00 bits per heavy atom. The van der Waals surface area contributed by atoms with Crippen molar-refractivity contribution in [2.75, 3.05) is 45.8 Å². The van der Waals surface area contributed by atoms with Crippen LogP contribution < -0.4 is 14.8 Å². The minimum Gasteiger partial charge on any atom is -0.493 e. The smallest absolute Gasteiger partial charge is 0.418 e. The number of nitrogens with zero attached hydrogens (tertiary/aromatic N) is 4. The van der Waals surface area contributed by atoms with E-state index in [2.05, 4.69) is 4.98 Å². The number of rotatable bonds is 9. The van der Waals surface area contributed by atoms with Crippen LogP contribution in [0.4, 0.5) is 49.2 Å². The zero-order valence-corrected chi connectivity index (χ0v) is 30.9. The van der Waals surface area contributed by atoms with Crippen molar-refractivity contribution in [3.8, 4) is 11.5 Å². The van der Waals surface area contributed by atoms with Crippen LogP contribution in [-0.4, -0.2) is 66.2 Å². The molecule has 0 bridgehead atoms. The Morgan fingerprint density at radius 1 is 0.875 bits per heavy atom. The minimum absolute atomic E-state index is 0.0435. The summed E-state index contributed by atoms with van der Waals surface area (Å²) in [7, 11) is 3.18. The highest BCUT2D eigenvalue weighted by Gasteiger charge is 2.42. The van der Waals surface area contributed by atoms with Crippen molar-refractivity contribution >= 4 is 69.2 Å². The number of benzene rings is 3. The normalized spacial score (nSPS) is 13.3. The van der Waals surface area contributed by atoms with E-state index < -0.39 is 66.3 Å². The molecule has 0 unspecified atom stereocenters. The van der Waals surface area contributed by atoms with Crippen LogP contribution in [0.25, 0.3) is 5.57 Å². The summed E-state index contributed by atoms with van der Waals surface area (Å²) >= 11 is 17.1. The zero-order valence-electron chi connectivity index (χ0n) is 28.6. The van der Waals surface area contributed by atoms with Gasteiger partial charge >= 0.3 is 23.7 Å². The fraction of sp³-hybridized carbons (Fsp3) is 0.235. The first-order valence-corrected chi connectivity index (χ1v) is 16.7. The van der Waals surface area contributed by atoms with Gasteiger partial charge in [-0.1, -0.05) is 53.0 Å². The average Bonchev–Trinajstić information content (AvgIpc) is 3.14. The van der Waals surface area contributed by atoms with E-state index >= 15 is 0 Å². The Morgan fingerprint density at radius 2 is 1.48 bits per heavy atom. The SMILES string of the molecule is COc1ccc(/C(=C/C(=O)N2CCOCC2)c2ccc(Cl)cc2)cc1OC.O=[N+]([O-])c1cc(C(F)(F)F)c(Cl)c([N+](=O)[O-])c1Nc1ncc(C(F)(F)F)cc1Cl. The highest BCUT2D eigenvalue weighted by atomic mass is 35.5. The highest BCUT2D eigenvalue weighted by molar-refractivity contribution is 6.35. The number of hydrogen-bond donors (Lipinski definition) is 1. The van der Waals surface area contributed by atoms with Gasteiger partial charge in [-0.2, -0.15) is 26.3 Å². The summed E-state index contributed by atoms with van der Waals surface area (Å²) in [6, 6.07) is 13.3. The van der Waals surface area contributed by atoms with Gasteiger partial charge in [-0.05, 0) is 47.0 Å². The molecule has 0 saturated carbocycles.